The summed E-state index contributed by atoms with van der Waals surface area (Å²) in [5.74, 6) is 0.514. The quantitative estimate of drug-likeness (QED) is 0.446. The van der Waals surface area contributed by atoms with Crippen molar-refractivity contribution in [3.05, 3.63) is 11.0 Å². The average Bonchev–Trinajstić information content (AvgIpc) is 2.69. The minimum absolute atomic E-state index is 0.536. The zero-order valence-corrected chi connectivity index (χ0v) is 9.12. The molecule has 1 unspecified atom stereocenters. The van der Waals surface area contributed by atoms with Gasteiger partial charge in [-0.3, -0.25) is 0 Å². The van der Waals surface area contributed by atoms with Crippen molar-refractivity contribution in [2.45, 2.75) is 31.5 Å². The number of allylic oxidation sites excluding steroid dienone is 2. The molecule has 0 amide bonds. The van der Waals surface area contributed by atoms with Gasteiger partial charge in [0.25, 0.3) is 0 Å². The molecule has 2 heterocycles. The lowest BCUT2D eigenvalue weighted by Gasteiger charge is -2.01. The average molecular weight is 218 g/mol. The molecule has 0 spiro atoms. The summed E-state index contributed by atoms with van der Waals surface area (Å²) < 4.78 is 4.89. The number of unbranched alkanes of at least 4 members (excludes halogenated alkanes) is 1. The molecule has 2 fully saturated rings. The van der Waals surface area contributed by atoms with Crippen molar-refractivity contribution in [3.8, 4) is 0 Å². The van der Waals surface area contributed by atoms with Crippen molar-refractivity contribution in [3.63, 3.8) is 0 Å². The minimum Gasteiger partial charge on any atom is -0.364 e. The second-order valence-electron chi connectivity index (χ2n) is 3.45. The van der Waals surface area contributed by atoms with Gasteiger partial charge in [-0.2, -0.15) is 0 Å². The summed E-state index contributed by atoms with van der Waals surface area (Å²) in [5.41, 5.74) is 0. The van der Waals surface area contributed by atoms with E-state index < -0.39 is 5.79 Å². The van der Waals surface area contributed by atoms with Gasteiger partial charge in [0.1, 0.15) is 6.61 Å². The smallest absolute Gasteiger partial charge is 0.189 e. The largest absolute Gasteiger partial charge is 0.364 e. The Balaban J connectivity index is 1.60. The van der Waals surface area contributed by atoms with E-state index in [0.717, 1.165) is 19.3 Å². The number of ether oxygens (including phenoxy) is 1. The van der Waals surface area contributed by atoms with E-state index in [9.17, 15) is 5.11 Å². The highest BCUT2D eigenvalue weighted by atomic mass is 33.1. The third kappa shape index (κ3) is 3.20. The highest BCUT2D eigenvalue weighted by Crippen LogP contribution is 2.41. The van der Waals surface area contributed by atoms with E-state index in [4.69, 9.17) is 4.74 Å². The van der Waals surface area contributed by atoms with Crippen LogP contribution < -0.4 is 0 Å². The molecule has 0 aromatic rings. The predicted molar refractivity (Wildman–Crippen MR) is 57.5 cm³/mol. The fourth-order valence-corrected chi connectivity index (χ4v) is 3.75. The number of rotatable bonds is 4. The lowest BCUT2D eigenvalue weighted by Crippen LogP contribution is -2.07. The third-order valence-corrected chi connectivity index (χ3v) is 4.79. The van der Waals surface area contributed by atoms with Gasteiger partial charge in [-0.1, -0.05) is 27.7 Å². The zero-order valence-electron chi connectivity index (χ0n) is 7.49. The summed E-state index contributed by atoms with van der Waals surface area (Å²) in [6, 6.07) is 0. The van der Waals surface area contributed by atoms with E-state index in [2.05, 4.69) is 6.08 Å². The maximum atomic E-state index is 9.37. The molecule has 1 atom stereocenters. The van der Waals surface area contributed by atoms with Crippen LogP contribution in [-0.4, -0.2) is 23.3 Å². The summed E-state index contributed by atoms with van der Waals surface area (Å²) in [6.07, 6.45) is 6.43. The van der Waals surface area contributed by atoms with Crippen LogP contribution in [0.3, 0.4) is 0 Å². The molecular formula is C9H14O2S2. The van der Waals surface area contributed by atoms with Crippen molar-refractivity contribution in [2.24, 2.45) is 0 Å². The summed E-state index contributed by atoms with van der Waals surface area (Å²) >= 11 is 0. The Kier molecular flexibility index (Phi) is 3.24. The number of hydrogen-bond acceptors (Lipinski definition) is 4. The SMILES string of the molecule is OC1(CCCC=C2CCSS2)CO1. The molecule has 0 aliphatic carbocycles. The first-order valence-corrected chi connectivity index (χ1v) is 6.95. The lowest BCUT2D eigenvalue weighted by atomic mass is 10.1. The molecule has 74 valence electrons. The maximum absolute atomic E-state index is 9.37. The topological polar surface area (TPSA) is 32.8 Å². The van der Waals surface area contributed by atoms with Crippen LogP contribution in [0.1, 0.15) is 25.7 Å². The lowest BCUT2D eigenvalue weighted by molar-refractivity contribution is 0.0274. The standard InChI is InChI=1S/C9H14O2S2/c10-9(7-11-9)5-2-1-3-8-4-6-12-13-8/h3,10H,1-2,4-7H2. The van der Waals surface area contributed by atoms with Gasteiger partial charge in [0.2, 0.25) is 0 Å². The van der Waals surface area contributed by atoms with Crippen molar-refractivity contribution in [1.29, 1.82) is 0 Å². The Labute approximate surface area is 86.5 Å². The minimum atomic E-state index is -0.740. The first-order valence-electron chi connectivity index (χ1n) is 4.63. The Morgan fingerprint density at radius 3 is 3.08 bits per heavy atom. The molecule has 2 rings (SSSR count). The van der Waals surface area contributed by atoms with Gasteiger partial charge in [-0.25, -0.2) is 0 Å². The predicted octanol–water partition coefficient (Wildman–Crippen LogP) is 2.54. The molecule has 0 aromatic heterocycles. The Bertz CT molecular complexity index is 204. The molecule has 4 heteroatoms. The molecule has 2 aliphatic rings. The van der Waals surface area contributed by atoms with E-state index in [-0.39, 0.29) is 0 Å². The molecule has 13 heavy (non-hydrogen) atoms. The van der Waals surface area contributed by atoms with Crippen LogP contribution in [-0.2, 0) is 4.74 Å². The first kappa shape index (κ1) is 9.90. The van der Waals surface area contributed by atoms with Gasteiger partial charge in [-0.15, -0.1) is 0 Å². The van der Waals surface area contributed by atoms with E-state index >= 15 is 0 Å². The summed E-state index contributed by atoms with van der Waals surface area (Å²) in [6.45, 7) is 0.536. The number of hydrogen-bond donors (Lipinski definition) is 1. The zero-order chi connectivity index (χ0) is 9.15. The second-order valence-corrected chi connectivity index (χ2v) is 5.99. The van der Waals surface area contributed by atoms with Crippen molar-refractivity contribution >= 4 is 21.6 Å². The first-order chi connectivity index (χ1) is 6.29. The molecular weight excluding hydrogens is 204 g/mol. The van der Waals surface area contributed by atoms with E-state index in [1.807, 2.05) is 21.6 Å². The van der Waals surface area contributed by atoms with Crippen molar-refractivity contribution in [2.75, 3.05) is 12.4 Å². The molecule has 1 N–H and O–H groups in total. The van der Waals surface area contributed by atoms with Crippen LogP contribution in [0, 0.1) is 0 Å². The highest BCUT2D eigenvalue weighted by molar-refractivity contribution is 8.78. The molecule has 0 saturated carbocycles. The fourth-order valence-electron chi connectivity index (χ4n) is 1.31. The van der Waals surface area contributed by atoms with Gasteiger partial charge in [0, 0.05) is 12.2 Å². The monoisotopic (exact) mass is 218 g/mol. The normalized spacial score (nSPS) is 35.6. The summed E-state index contributed by atoms with van der Waals surface area (Å²) in [7, 11) is 3.83. The summed E-state index contributed by atoms with van der Waals surface area (Å²) in [5, 5.41) is 9.37. The molecule has 0 radical (unpaired) electrons. The van der Waals surface area contributed by atoms with E-state index in [1.165, 1.54) is 17.1 Å². The molecule has 2 aliphatic heterocycles. The highest BCUT2D eigenvalue weighted by Gasteiger charge is 2.41. The van der Waals surface area contributed by atoms with E-state index in [1.54, 1.807) is 0 Å². The van der Waals surface area contributed by atoms with Crippen LogP contribution >= 0.6 is 21.6 Å². The van der Waals surface area contributed by atoms with Crippen LogP contribution in [0.15, 0.2) is 11.0 Å². The van der Waals surface area contributed by atoms with Gasteiger partial charge in [0.05, 0.1) is 0 Å². The number of aliphatic hydroxyl groups is 1. The molecule has 0 bridgehead atoms. The van der Waals surface area contributed by atoms with E-state index in [0.29, 0.717) is 6.61 Å². The van der Waals surface area contributed by atoms with Gasteiger partial charge < -0.3 is 9.84 Å². The second kappa shape index (κ2) is 4.26. The molecule has 0 aromatic carbocycles. The van der Waals surface area contributed by atoms with Crippen molar-refractivity contribution < 1.29 is 9.84 Å². The fraction of sp³-hybridized carbons (Fsp3) is 0.778. The van der Waals surface area contributed by atoms with Crippen LogP contribution in [0.2, 0.25) is 0 Å². The van der Waals surface area contributed by atoms with Gasteiger partial charge >= 0.3 is 0 Å². The van der Waals surface area contributed by atoms with Crippen molar-refractivity contribution in [1.82, 2.24) is 0 Å². The molecule has 2 saturated heterocycles. The van der Waals surface area contributed by atoms with Gasteiger partial charge in [0.15, 0.2) is 5.79 Å². The molecule has 2 nitrogen and oxygen atoms in total. The third-order valence-electron chi connectivity index (χ3n) is 2.22. The van der Waals surface area contributed by atoms with Crippen LogP contribution in [0.4, 0.5) is 0 Å². The Morgan fingerprint density at radius 2 is 2.46 bits per heavy atom. The summed E-state index contributed by atoms with van der Waals surface area (Å²) in [4.78, 5) is 1.51. The Hall–Kier alpha value is 0.360. The van der Waals surface area contributed by atoms with Crippen LogP contribution in [0.5, 0.6) is 0 Å². The number of epoxide rings is 1. The Morgan fingerprint density at radius 1 is 1.62 bits per heavy atom. The maximum Gasteiger partial charge on any atom is 0.189 e. The van der Waals surface area contributed by atoms with Crippen LogP contribution in [0.25, 0.3) is 0 Å². The van der Waals surface area contributed by atoms with Gasteiger partial charge in [-0.05, 0) is 24.2 Å².